The van der Waals surface area contributed by atoms with Gasteiger partial charge in [-0.15, -0.1) is 0 Å². The van der Waals surface area contributed by atoms with Crippen molar-refractivity contribution in [2.45, 2.75) is 0 Å². The number of aromatic nitrogens is 2. The first-order valence-electron chi connectivity index (χ1n) is 5.36. The van der Waals surface area contributed by atoms with Gasteiger partial charge in [-0.05, 0) is 18.2 Å². The van der Waals surface area contributed by atoms with E-state index in [9.17, 15) is 9.59 Å². The molecule has 2 rings (SSSR count). The Hall–Kier alpha value is -2.76. The minimum absolute atomic E-state index is 0.194. The van der Waals surface area contributed by atoms with Crippen LogP contribution in [-0.2, 0) is 4.74 Å². The lowest BCUT2D eigenvalue weighted by atomic mass is 10.3. The molecule has 2 heterocycles. The predicted molar refractivity (Wildman–Crippen MR) is 65.3 cm³/mol. The number of methoxy groups -OCH3 is 1. The van der Waals surface area contributed by atoms with Crippen LogP contribution in [0.25, 0.3) is 0 Å². The molecule has 0 amide bonds. The van der Waals surface area contributed by atoms with E-state index in [1.54, 1.807) is 18.2 Å². The first kappa shape index (κ1) is 12.7. The number of carbonyl (C=O) groups excluding carboxylic acids is 2. The summed E-state index contributed by atoms with van der Waals surface area (Å²) in [4.78, 5) is 29.5. The quantitative estimate of drug-likeness (QED) is 0.615. The van der Waals surface area contributed by atoms with Crippen molar-refractivity contribution < 1.29 is 19.1 Å². The highest BCUT2D eigenvalue weighted by atomic mass is 16.5. The third-order valence-electron chi connectivity index (χ3n) is 2.25. The number of hydrogen-bond acceptors (Lipinski definition) is 6. The third kappa shape index (κ3) is 3.12. The molecule has 0 fully saturated rings. The first-order valence-corrected chi connectivity index (χ1v) is 5.36. The second-order valence-electron chi connectivity index (χ2n) is 3.52. The number of ether oxygens (including phenoxy) is 2. The van der Waals surface area contributed by atoms with Gasteiger partial charge >= 0.3 is 5.97 Å². The molecule has 0 aliphatic carbocycles. The Kier molecular flexibility index (Phi) is 3.82. The van der Waals surface area contributed by atoms with Gasteiger partial charge in [0.05, 0.1) is 13.3 Å². The molecule has 0 aliphatic rings. The molecule has 0 spiro atoms. The van der Waals surface area contributed by atoms with E-state index in [4.69, 9.17) is 4.74 Å². The molecule has 0 saturated heterocycles. The molecule has 96 valence electrons. The molecule has 6 heteroatoms. The fourth-order valence-electron chi connectivity index (χ4n) is 1.31. The number of aldehydes is 1. The molecule has 0 aliphatic heterocycles. The molecule has 0 N–H and O–H groups in total. The fourth-order valence-corrected chi connectivity index (χ4v) is 1.31. The SMILES string of the molecule is COC(=O)c1ccc(Oc2ccc(C=O)cn2)cn1. The zero-order valence-corrected chi connectivity index (χ0v) is 10.1. The zero-order chi connectivity index (χ0) is 13.7. The van der Waals surface area contributed by atoms with Crippen molar-refractivity contribution in [1.29, 1.82) is 0 Å². The molecule has 0 unspecified atom stereocenters. The number of nitrogens with zero attached hydrogens (tertiary/aromatic N) is 2. The van der Waals surface area contributed by atoms with Crippen LogP contribution in [0.2, 0.25) is 0 Å². The lowest BCUT2D eigenvalue weighted by Crippen LogP contribution is -2.03. The van der Waals surface area contributed by atoms with Crippen molar-refractivity contribution >= 4 is 12.3 Å². The lowest BCUT2D eigenvalue weighted by Gasteiger charge is -2.04. The van der Waals surface area contributed by atoms with Gasteiger partial charge in [0.15, 0.2) is 6.29 Å². The monoisotopic (exact) mass is 258 g/mol. The van der Waals surface area contributed by atoms with E-state index in [1.165, 1.54) is 25.6 Å². The summed E-state index contributed by atoms with van der Waals surface area (Å²) in [5.74, 6) is 0.247. The maximum absolute atomic E-state index is 11.2. The van der Waals surface area contributed by atoms with Crippen molar-refractivity contribution in [3.63, 3.8) is 0 Å². The molecular weight excluding hydrogens is 248 g/mol. The molecule has 19 heavy (non-hydrogen) atoms. The molecule has 2 aromatic heterocycles. The minimum atomic E-state index is -0.514. The average Bonchev–Trinajstić information content (AvgIpc) is 2.48. The molecule has 0 aromatic carbocycles. The van der Waals surface area contributed by atoms with Crippen LogP contribution in [0.1, 0.15) is 20.8 Å². The molecule has 6 nitrogen and oxygen atoms in total. The van der Waals surface area contributed by atoms with Crippen molar-refractivity contribution in [3.05, 3.63) is 47.9 Å². The summed E-state index contributed by atoms with van der Waals surface area (Å²) in [6.07, 6.45) is 3.49. The van der Waals surface area contributed by atoms with E-state index >= 15 is 0 Å². The zero-order valence-electron chi connectivity index (χ0n) is 10.1. The van der Waals surface area contributed by atoms with E-state index in [0.717, 1.165) is 0 Å². The van der Waals surface area contributed by atoms with Crippen molar-refractivity contribution in [2.75, 3.05) is 7.11 Å². The summed E-state index contributed by atoms with van der Waals surface area (Å²) in [6.45, 7) is 0. The summed E-state index contributed by atoms with van der Waals surface area (Å²) in [6, 6.07) is 6.22. The number of pyridine rings is 2. The van der Waals surface area contributed by atoms with Crippen LogP contribution >= 0.6 is 0 Å². The third-order valence-corrected chi connectivity index (χ3v) is 2.25. The highest BCUT2D eigenvalue weighted by molar-refractivity contribution is 5.87. The van der Waals surface area contributed by atoms with Gasteiger partial charge in [-0.1, -0.05) is 0 Å². The van der Waals surface area contributed by atoms with Gasteiger partial charge in [0.1, 0.15) is 11.4 Å². The van der Waals surface area contributed by atoms with Crippen molar-refractivity contribution in [3.8, 4) is 11.6 Å². The smallest absolute Gasteiger partial charge is 0.356 e. The number of rotatable bonds is 4. The van der Waals surface area contributed by atoms with Gasteiger partial charge in [-0.25, -0.2) is 14.8 Å². The van der Waals surface area contributed by atoms with Gasteiger partial charge in [0.25, 0.3) is 0 Å². The Morgan fingerprint density at radius 1 is 1.16 bits per heavy atom. The molecular formula is C13H10N2O4. The van der Waals surface area contributed by atoms with Crippen LogP contribution < -0.4 is 4.74 Å². The van der Waals surface area contributed by atoms with Crippen molar-refractivity contribution in [2.24, 2.45) is 0 Å². The number of hydrogen-bond donors (Lipinski definition) is 0. The Morgan fingerprint density at radius 3 is 2.53 bits per heavy atom. The van der Waals surface area contributed by atoms with E-state index in [2.05, 4.69) is 14.7 Å². The maximum atomic E-state index is 11.2. The van der Waals surface area contributed by atoms with E-state index in [1.807, 2.05) is 0 Å². The number of esters is 1. The standard InChI is InChI=1S/C13H10N2O4/c1-18-13(17)11-4-3-10(7-14-11)19-12-5-2-9(8-16)6-15-12/h2-8H,1H3. The van der Waals surface area contributed by atoms with Crippen molar-refractivity contribution in [1.82, 2.24) is 9.97 Å². The van der Waals surface area contributed by atoms with Gasteiger partial charge in [-0.2, -0.15) is 0 Å². The van der Waals surface area contributed by atoms with Crippen LogP contribution in [0.3, 0.4) is 0 Å². The Labute approximate surface area is 109 Å². The van der Waals surface area contributed by atoms with Crippen LogP contribution in [0.5, 0.6) is 11.6 Å². The summed E-state index contributed by atoms with van der Waals surface area (Å²) in [5.41, 5.74) is 0.658. The molecule has 2 aromatic rings. The Balaban J connectivity index is 2.10. The van der Waals surface area contributed by atoms with E-state index < -0.39 is 5.97 Å². The Morgan fingerprint density at radius 2 is 2.00 bits per heavy atom. The second-order valence-corrected chi connectivity index (χ2v) is 3.52. The number of carbonyl (C=O) groups is 2. The Bertz CT molecular complexity index is 579. The largest absolute Gasteiger partial charge is 0.464 e. The average molecular weight is 258 g/mol. The lowest BCUT2D eigenvalue weighted by molar-refractivity contribution is 0.0594. The molecule has 0 bridgehead atoms. The summed E-state index contributed by atoms with van der Waals surface area (Å²) < 4.78 is 9.94. The predicted octanol–water partition coefficient (Wildman–Crippen LogP) is 1.87. The summed E-state index contributed by atoms with van der Waals surface area (Å²) >= 11 is 0. The molecule has 0 radical (unpaired) electrons. The first-order chi connectivity index (χ1) is 9.22. The maximum Gasteiger partial charge on any atom is 0.356 e. The van der Waals surface area contributed by atoms with Crippen LogP contribution in [0.15, 0.2) is 36.7 Å². The molecule has 0 atom stereocenters. The van der Waals surface area contributed by atoms with Crippen LogP contribution in [-0.4, -0.2) is 29.3 Å². The van der Waals surface area contributed by atoms with Gasteiger partial charge in [-0.3, -0.25) is 4.79 Å². The van der Waals surface area contributed by atoms with Gasteiger partial charge < -0.3 is 9.47 Å². The highest BCUT2D eigenvalue weighted by Crippen LogP contribution is 2.18. The fraction of sp³-hybridized carbons (Fsp3) is 0.0769. The van der Waals surface area contributed by atoms with Crippen LogP contribution in [0.4, 0.5) is 0 Å². The van der Waals surface area contributed by atoms with E-state index in [-0.39, 0.29) is 5.69 Å². The van der Waals surface area contributed by atoms with Gasteiger partial charge in [0, 0.05) is 17.8 Å². The van der Waals surface area contributed by atoms with Crippen LogP contribution in [0, 0.1) is 0 Å². The minimum Gasteiger partial charge on any atom is -0.464 e. The summed E-state index contributed by atoms with van der Waals surface area (Å²) in [5, 5.41) is 0. The second kappa shape index (κ2) is 5.72. The normalized spacial score (nSPS) is 9.74. The van der Waals surface area contributed by atoms with E-state index in [0.29, 0.717) is 23.5 Å². The topological polar surface area (TPSA) is 78.4 Å². The summed E-state index contributed by atoms with van der Waals surface area (Å²) in [7, 11) is 1.28. The highest BCUT2D eigenvalue weighted by Gasteiger charge is 2.07. The molecule has 0 saturated carbocycles. The van der Waals surface area contributed by atoms with Gasteiger partial charge in [0.2, 0.25) is 5.88 Å².